The van der Waals surface area contributed by atoms with Crippen molar-refractivity contribution in [2.75, 3.05) is 19.3 Å². The van der Waals surface area contributed by atoms with E-state index in [1.807, 2.05) is 42.0 Å². The van der Waals surface area contributed by atoms with Crippen molar-refractivity contribution >= 4 is 23.2 Å². The maximum atomic E-state index is 12.7. The van der Waals surface area contributed by atoms with Crippen LogP contribution in [0.3, 0.4) is 0 Å². The Hall–Kier alpha value is -1.53. The summed E-state index contributed by atoms with van der Waals surface area (Å²) in [5, 5.41) is 10.8. The van der Waals surface area contributed by atoms with Gasteiger partial charge in [-0.15, -0.1) is 0 Å². The van der Waals surface area contributed by atoms with E-state index < -0.39 is 6.10 Å². The standard InChI is InChI=1S/C15H19N3O2S/c1-10-6-8-17(9-12(10)19)14(20)13-11-5-3-4-7-18(11)15(16-13)21-2/h3-5,7,10,12,19H,6,8-9H2,1-2H3. The van der Waals surface area contributed by atoms with Gasteiger partial charge in [0.1, 0.15) is 0 Å². The average Bonchev–Trinajstić information content (AvgIpc) is 2.88. The number of rotatable bonds is 2. The number of nitrogens with zero attached hydrogens (tertiary/aromatic N) is 3. The number of hydrogen-bond donors (Lipinski definition) is 1. The van der Waals surface area contributed by atoms with Crippen LogP contribution in [0.15, 0.2) is 29.6 Å². The number of aliphatic hydroxyl groups is 1. The van der Waals surface area contributed by atoms with Crippen molar-refractivity contribution in [3.05, 3.63) is 30.1 Å². The zero-order valence-electron chi connectivity index (χ0n) is 12.2. The van der Waals surface area contributed by atoms with Crippen molar-refractivity contribution in [3.8, 4) is 0 Å². The van der Waals surface area contributed by atoms with Crippen molar-refractivity contribution < 1.29 is 9.90 Å². The SMILES string of the molecule is CSc1nc(C(=O)N2CCC(C)C(O)C2)c2ccccn12. The first kappa shape index (κ1) is 14.4. The number of fused-ring (bicyclic) bond motifs is 1. The Morgan fingerprint density at radius 2 is 2.29 bits per heavy atom. The van der Waals surface area contributed by atoms with Gasteiger partial charge in [-0.25, -0.2) is 4.98 Å². The minimum Gasteiger partial charge on any atom is -0.391 e. The summed E-state index contributed by atoms with van der Waals surface area (Å²) in [6.07, 6.45) is 4.24. The fourth-order valence-electron chi connectivity index (χ4n) is 2.69. The number of carbonyl (C=O) groups excluding carboxylic acids is 1. The van der Waals surface area contributed by atoms with Crippen LogP contribution in [0.1, 0.15) is 23.8 Å². The highest BCUT2D eigenvalue weighted by Crippen LogP contribution is 2.23. The minimum absolute atomic E-state index is 0.0926. The molecule has 3 heterocycles. The molecule has 0 aromatic carbocycles. The zero-order chi connectivity index (χ0) is 15.0. The second kappa shape index (κ2) is 5.69. The molecule has 0 bridgehead atoms. The molecule has 0 aliphatic carbocycles. The van der Waals surface area contributed by atoms with E-state index in [0.717, 1.165) is 17.1 Å². The number of likely N-dealkylation sites (tertiary alicyclic amines) is 1. The Morgan fingerprint density at radius 3 is 3.00 bits per heavy atom. The molecule has 5 nitrogen and oxygen atoms in total. The molecule has 2 unspecified atom stereocenters. The molecular weight excluding hydrogens is 286 g/mol. The predicted molar refractivity (Wildman–Crippen MR) is 82.7 cm³/mol. The van der Waals surface area contributed by atoms with Crippen LogP contribution in [0.25, 0.3) is 5.52 Å². The molecule has 112 valence electrons. The van der Waals surface area contributed by atoms with Crippen LogP contribution in [-0.4, -0.2) is 50.7 Å². The van der Waals surface area contributed by atoms with Crippen molar-refractivity contribution in [1.82, 2.24) is 14.3 Å². The van der Waals surface area contributed by atoms with Crippen LogP contribution in [0, 0.1) is 5.92 Å². The molecule has 1 fully saturated rings. The molecule has 1 aliphatic heterocycles. The Kier molecular flexibility index (Phi) is 3.91. The summed E-state index contributed by atoms with van der Waals surface area (Å²) < 4.78 is 1.93. The van der Waals surface area contributed by atoms with E-state index in [0.29, 0.717) is 18.8 Å². The molecule has 1 saturated heterocycles. The Labute approximate surface area is 128 Å². The molecule has 0 spiro atoms. The van der Waals surface area contributed by atoms with Gasteiger partial charge in [0, 0.05) is 19.3 Å². The summed E-state index contributed by atoms with van der Waals surface area (Å²) in [5.41, 5.74) is 1.29. The maximum absolute atomic E-state index is 12.7. The Balaban J connectivity index is 1.95. The fourth-order valence-corrected chi connectivity index (χ4v) is 3.23. The highest BCUT2D eigenvalue weighted by Gasteiger charge is 2.30. The number of β-amino-alcohol motifs (C(OH)–C–C–N with tert-alkyl or cyclic N) is 1. The molecule has 0 radical (unpaired) electrons. The zero-order valence-corrected chi connectivity index (χ0v) is 13.0. The molecule has 2 atom stereocenters. The number of piperidine rings is 1. The van der Waals surface area contributed by atoms with Gasteiger partial charge in [-0.2, -0.15) is 0 Å². The fraction of sp³-hybridized carbons (Fsp3) is 0.467. The smallest absolute Gasteiger partial charge is 0.274 e. The van der Waals surface area contributed by atoms with Crippen molar-refractivity contribution in [2.45, 2.75) is 24.6 Å². The minimum atomic E-state index is -0.448. The molecular formula is C15H19N3O2S. The number of thioether (sulfide) groups is 1. The van der Waals surface area contributed by atoms with Crippen LogP contribution in [0.4, 0.5) is 0 Å². The topological polar surface area (TPSA) is 57.8 Å². The average molecular weight is 305 g/mol. The van der Waals surface area contributed by atoms with Crippen LogP contribution in [0.2, 0.25) is 0 Å². The quantitative estimate of drug-likeness (QED) is 0.861. The van der Waals surface area contributed by atoms with Gasteiger partial charge < -0.3 is 10.0 Å². The molecule has 21 heavy (non-hydrogen) atoms. The first-order valence-electron chi connectivity index (χ1n) is 7.10. The first-order valence-corrected chi connectivity index (χ1v) is 8.32. The lowest BCUT2D eigenvalue weighted by Crippen LogP contribution is -2.46. The van der Waals surface area contributed by atoms with E-state index in [1.165, 1.54) is 11.8 Å². The first-order chi connectivity index (χ1) is 10.1. The summed E-state index contributed by atoms with van der Waals surface area (Å²) in [7, 11) is 0. The van der Waals surface area contributed by atoms with Crippen LogP contribution in [-0.2, 0) is 0 Å². The third kappa shape index (κ3) is 2.53. The number of aliphatic hydroxyl groups excluding tert-OH is 1. The molecule has 1 aliphatic rings. The van der Waals surface area contributed by atoms with Crippen LogP contribution >= 0.6 is 11.8 Å². The van der Waals surface area contributed by atoms with E-state index in [4.69, 9.17) is 0 Å². The van der Waals surface area contributed by atoms with Crippen molar-refractivity contribution in [3.63, 3.8) is 0 Å². The third-order valence-electron chi connectivity index (χ3n) is 4.11. The lowest BCUT2D eigenvalue weighted by Gasteiger charge is -2.33. The van der Waals surface area contributed by atoms with Gasteiger partial charge in [-0.05, 0) is 30.7 Å². The van der Waals surface area contributed by atoms with Gasteiger partial charge in [0.25, 0.3) is 5.91 Å². The van der Waals surface area contributed by atoms with E-state index in [2.05, 4.69) is 4.98 Å². The summed E-state index contributed by atoms with van der Waals surface area (Å²) in [5.74, 6) is 0.152. The summed E-state index contributed by atoms with van der Waals surface area (Å²) in [4.78, 5) is 18.9. The monoisotopic (exact) mass is 305 g/mol. The van der Waals surface area contributed by atoms with Crippen LogP contribution < -0.4 is 0 Å². The van der Waals surface area contributed by atoms with Crippen molar-refractivity contribution in [2.24, 2.45) is 5.92 Å². The van der Waals surface area contributed by atoms with E-state index in [9.17, 15) is 9.90 Å². The second-order valence-electron chi connectivity index (χ2n) is 5.49. The number of imidazole rings is 1. The third-order valence-corrected chi connectivity index (χ3v) is 4.76. The van der Waals surface area contributed by atoms with Crippen LogP contribution in [0.5, 0.6) is 0 Å². The Morgan fingerprint density at radius 1 is 1.48 bits per heavy atom. The molecule has 1 amide bonds. The molecule has 0 saturated carbocycles. The van der Waals surface area contributed by atoms with Gasteiger partial charge in [-0.3, -0.25) is 9.20 Å². The molecule has 3 rings (SSSR count). The van der Waals surface area contributed by atoms with E-state index >= 15 is 0 Å². The predicted octanol–water partition coefficient (Wildman–Crippen LogP) is 1.90. The summed E-state index contributed by atoms with van der Waals surface area (Å²) >= 11 is 1.52. The summed E-state index contributed by atoms with van der Waals surface area (Å²) in [6, 6.07) is 5.74. The number of aromatic nitrogens is 2. The maximum Gasteiger partial charge on any atom is 0.274 e. The molecule has 2 aromatic rings. The van der Waals surface area contributed by atoms with E-state index in [-0.39, 0.29) is 11.8 Å². The molecule has 6 heteroatoms. The molecule has 2 aromatic heterocycles. The van der Waals surface area contributed by atoms with Gasteiger partial charge in [0.15, 0.2) is 10.9 Å². The van der Waals surface area contributed by atoms with Gasteiger partial charge in [0.2, 0.25) is 0 Å². The van der Waals surface area contributed by atoms with E-state index in [1.54, 1.807) is 4.90 Å². The molecule has 1 N–H and O–H groups in total. The number of amides is 1. The lowest BCUT2D eigenvalue weighted by molar-refractivity contribution is 0.0246. The number of pyridine rings is 1. The van der Waals surface area contributed by atoms with Gasteiger partial charge >= 0.3 is 0 Å². The van der Waals surface area contributed by atoms with Crippen molar-refractivity contribution in [1.29, 1.82) is 0 Å². The lowest BCUT2D eigenvalue weighted by atomic mass is 9.96. The van der Waals surface area contributed by atoms with Gasteiger partial charge in [0.05, 0.1) is 11.6 Å². The highest BCUT2D eigenvalue weighted by molar-refractivity contribution is 7.98. The highest BCUT2D eigenvalue weighted by atomic mass is 32.2. The normalized spacial score (nSPS) is 22.7. The Bertz CT molecular complexity index is 670. The second-order valence-corrected chi connectivity index (χ2v) is 6.26. The number of hydrogen-bond acceptors (Lipinski definition) is 4. The summed E-state index contributed by atoms with van der Waals surface area (Å²) in [6.45, 7) is 3.09. The van der Waals surface area contributed by atoms with Gasteiger partial charge in [-0.1, -0.05) is 24.8 Å². The largest absolute Gasteiger partial charge is 0.391 e. The number of carbonyl (C=O) groups is 1.